The van der Waals surface area contributed by atoms with Crippen molar-refractivity contribution in [2.45, 2.75) is 12.6 Å². The van der Waals surface area contributed by atoms with E-state index in [-0.39, 0.29) is 9.15 Å². The lowest BCUT2D eigenvalue weighted by molar-refractivity contribution is -0.142. The van der Waals surface area contributed by atoms with Crippen LogP contribution in [0.2, 0.25) is 0 Å². The second-order valence-electron chi connectivity index (χ2n) is 5.89. The van der Waals surface area contributed by atoms with E-state index in [9.17, 15) is 35.5 Å². The topological polar surface area (TPSA) is 64.7 Å². The second kappa shape index (κ2) is 7.74. The Morgan fingerprint density at radius 3 is 2.47 bits per heavy atom. The van der Waals surface area contributed by atoms with E-state index in [4.69, 9.17) is 0 Å². The monoisotopic (exact) mass is 499 g/mol. The quantitative estimate of drug-likeness (QED) is 0.521. The summed E-state index contributed by atoms with van der Waals surface area (Å²) in [5, 5.41) is 8.68. The predicted octanol–water partition coefficient (Wildman–Crippen LogP) is 4.86. The van der Waals surface area contributed by atoms with Gasteiger partial charge in [0, 0.05) is 23.8 Å². The van der Waals surface area contributed by atoms with Crippen LogP contribution in [0.25, 0.3) is 5.69 Å². The Hall–Kier alpha value is -2.90. The number of halogens is 8. The normalized spacial score (nSPS) is 11.9. The molecule has 0 spiro atoms. The third-order valence-corrected chi connectivity index (χ3v) is 4.39. The molecule has 14 heteroatoms. The van der Waals surface area contributed by atoms with Gasteiger partial charge >= 0.3 is 6.18 Å². The van der Waals surface area contributed by atoms with E-state index < -0.39 is 58.5 Å². The maximum atomic E-state index is 14.2. The molecular weight excluding hydrogens is 491 g/mol. The number of rotatable bonds is 4. The van der Waals surface area contributed by atoms with Gasteiger partial charge in [0.1, 0.15) is 17.2 Å². The van der Waals surface area contributed by atoms with Crippen molar-refractivity contribution in [1.29, 1.82) is 0 Å². The molecule has 0 aliphatic carbocycles. The molecule has 160 valence electrons. The molecule has 0 aliphatic heterocycles. The number of benzene rings is 1. The fourth-order valence-corrected chi connectivity index (χ4v) is 3.23. The van der Waals surface area contributed by atoms with Crippen LogP contribution < -0.4 is 5.32 Å². The number of hydrogen-bond acceptors (Lipinski definition) is 3. The smallest absolute Gasteiger partial charge is 0.319 e. The van der Waals surface area contributed by atoms with Crippen molar-refractivity contribution >= 4 is 27.5 Å². The number of carbonyl (C=O) groups is 1. The zero-order valence-corrected chi connectivity index (χ0v) is 16.2. The van der Waals surface area contributed by atoms with Crippen LogP contribution in [-0.4, -0.2) is 25.5 Å². The highest BCUT2D eigenvalue weighted by Crippen LogP contribution is 2.38. The van der Waals surface area contributed by atoms with Crippen molar-refractivity contribution in [3.8, 4) is 5.69 Å². The molecule has 0 radical (unpaired) electrons. The Morgan fingerprint density at radius 2 is 1.90 bits per heavy atom. The van der Waals surface area contributed by atoms with Crippen LogP contribution in [-0.2, 0) is 13.2 Å². The molecule has 3 rings (SSSR count). The Labute approximate surface area is 171 Å². The van der Waals surface area contributed by atoms with Crippen molar-refractivity contribution in [2.24, 2.45) is 7.05 Å². The lowest BCUT2D eigenvalue weighted by atomic mass is 10.2. The summed E-state index contributed by atoms with van der Waals surface area (Å²) < 4.78 is 95.2. The van der Waals surface area contributed by atoms with E-state index >= 15 is 0 Å². The summed E-state index contributed by atoms with van der Waals surface area (Å²) in [6, 6.07) is 1.08. The third-order valence-electron chi connectivity index (χ3n) is 3.79. The number of aryl methyl sites for hydroxylation is 1. The van der Waals surface area contributed by atoms with E-state index in [0.29, 0.717) is 12.3 Å². The Kier molecular flexibility index (Phi) is 5.62. The number of amides is 1. The van der Waals surface area contributed by atoms with Crippen LogP contribution in [0.5, 0.6) is 0 Å². The number of anilines is 1. The summed E-state index contributed by atoms with van der Waals surface area (Å²) in [4.78, 5) is 12.3. The summed E-state index contributed by atoms with van der Waals surface area (Å²) in [6.07, 6.45) is -6.83. The summed E-state index contributed by atoms with van der Waals surface area (Å²) in [5.74, 6) is -3.71. The van der Waals surface area contributed by atoms with Crippen LogP contribution in [0.3, 0.4) is 0 Å². The van der Waals surface area contributed by atoms with E-state index in [1.54, 1.807) is 0 Å². The number of nitrogens with zero attached hydrogens (tertiary/aromatic N) is 4. The molecule has 0 fully saturated rings. The van der Waals surface area contributed by atoms with E-state index in [2.05, 4.69) is 26.1 Å². The molecule has 1 N–H and O–H groups in total. The Bertz CT molecular complexity index is 1100. The van der Waals surface area contributed by atoms with Gasteiger partial charge in [-0.1, -0.05) is 0 Å². The van der Waals surface area contributed by atoms with E-state index in [1.807, 2.05) is 5.32 Å². The maximum Gasteiger partial charge on any atom is 0.435 e. The van der Waals surface area contributed by atoms with Crippen molar-refractivity contribution in [1.82, 2.24) is 19.6 Å². The van der Waals surface area contributed by atoms with Crippen LogP contribution in [0.15, 0.2) is 29.0 Å². The molecule has 2 heterocycles. The van der Waals surface area contributed by atoms with Crippen LogP contribution in [0.4, 0.5) is 36.4 Å². The predicted molar refractivity (Wildman–Crippen MR) is 92.3 cm³/mol. The molecule has 0 atom stereocenters. The van der Waals surface area contributed by atoms with Crippen molar-refractivity contribution in [3.05, 3.63) is 57.6 Å². The fraction of sp³-hybridized carbons (Fsp3) is 0.188. The lowest BCUT2D eigenvalue weighted by Gasteiger charge is -2.15. The molecular formula is C16H9BrF7N5O. The summed E-state index contributed by atoms with van der Waals surface area (Å²) >= 11 is 2.77. The molecule has 3 aromatic rings. The van der Waals surface area contributed by atoms with Gasteiger partial charge in [0.15, 0.2) is 11.5 Å². The van der Waals surface area contributed by atoms with Crippen molar-refractivity contribution in [3.63, 3.8) is 0 Å². The number of aromatic nitrogens is 4. The van der Waals surface area contributed by atoms with Gasteiger partial charge in [-0.2, -0.15) is 23.4 Å². The zero-order valence-electron chi connectivity index (χ0n) is 14.6. The SMILES string of the molecule is Cn1cc(C(=O)Nc2cnn(-c3c(F)cc(F)cc3Br)c2C(F)(F)F)c(C(F)F)n1. The minimum absolute atomic E-state index is 0.117. The van der Waals surface area contributed by atoms with Gasteiger partial charge in [0.25, 0.3) is 12.3 Å². The first-order chi connectivity index (χ1) is 13.9. The second-order valence-corrected chi connectivity index (χ2v) is 6.75. The van der Waals surface area contributed by atoms with Crippen LogP contribution >= 0.6 is 15.9 Å². The molecule has 0 bridgehead atoms. The van der Waals surface area contributed by atoms with Gasteiger partial charge in [-0.15, -0.1) is 0 Å². The third kappa shape index (κ3) is 4.04. The fourth-order valence-electron chi connectivity index (χ4n) is 2.65. The van der Waals surface area contributed by atoms with Crippen LogP contribution in [0.1, 0.15) is 28.2 Å². The van der Waals surface area contributed by atoms with Gasteiger partial charge < -0.3 is 5.32 Å². The average molecular weight is 500 g/mol. The molecule has 0 aliphatic rings. The van der Waals surface area contributed by atoms with Crippen molar-refractivity contribution < 1.29 is 35.5 Å². The first-order valence-electron chi connectivity index (χ1n) is 7.83. The zero-order chi connectivity index (χ0) is 22.4. The molecule has 30 heavy (non-hydrogen) atoms. The lowest BCUT2D eigenvalue weighted by Crippen LogP contribution is -2.20. The van der Waals surface area contributed by atoms with Gasteiger partial charge in [-0.05, 0) is 22.0 Å². The van der Waals surface area contributed by atoms with Gasteiger partial charge in [0.2, 0.25) is 0 Å². The first kappa shape index (κ1) is 21.8. The number of alkyl halides is 5. The van der Waals surface area contributed by atoms with Crippen molar-refractivity contribution in [2.75, 3.05) is 5.32 Å². The number of carbonyl (C=O) groups excluding carboxylic acids is 1. The molecule has 1 amide bonds. The van der Waals surface area contributed by atoms with Gasteiger partial charge in [-0.25, -0.2) is 22.2 Å². The molecule has 6 nitrogen and oxygen atoms in total. The minimum Gasteiger partial charge on any atom is -0.319 e. The summed E-state index contributed by atoms with van der Waals surface area (Å²) in [7, 11) is 1.25. The van der Waals surface area contributed by atoms with E-state index in [0.717, 1.165) is 16.9 Å². The first-order valence-corrected chi connectivity index (χ1v) is 8.62. The van der Waals surface area contributed by atoms with Gasteiger partial charge in [0.05, 0.1) is 17.4 Å². The molecule has 0 unspecified atom stereocenters. The molecule has 2 aromatic heterocycles. The molecule has 0 saturated heterocycles. The number of hydrogen-bond donors (Lipinski definition) is 1. The molecule has 0 saturated carbocycles. The van der Waals surface area contributed by atoms with E-state index in [1.165, 1.54) is 7.05 Å². The molecule has 1 aromatic carbocycles. The largest absolute Gasteiger partial charge is 0.435 e. The average Bonchev–Trinajstić information content (AvgIpc) is 3.17. The highest BCUT2D eigenvalue weighted by molar-refractivity contribution is 9.10. The highest BCUT2D eigenvalue weighted by atomic mass is 79.9. The maximum absolute atomic E-state index is 14.2. The number of nitrogens with one attached hydrogen (secondary N) is 1. The highest BCUT2D eigenvalue weighted by Gasteiger charge is 2.40. The minimum atomic E-state index is -5.15. The summed E-state index contributed by atoms with van der Waals surface area (Å²) in [5.41, 5.74) is -4.87. The summed E-state index contributed by atoms with van der Waals surface area (Å²) in [6.45, 7) is 0. The Morgan fingerprint density at radius 1 is 1.23 bits per heavy atom. The van der Waals surface area contributed by atoms with Crippen LogP contribution in [0, 0.1) is 11.6 Å². The Balaban J connectivity index is 2.09. The standard InChI is InChI=1S/C16H9BrF7N5O/c1-28-5-7(11(27-28)14(20)21)15(30)26-10-4-25-29(13(10)16(22,23)24)12-8(17)2-6(18)3-9(12)19/h2-5,14H,1H3,(H,26,30). The van der Waals surface area contributed by atoms with Gasteiger partial charge in [-0.3, -0.25) is 9.48 Å².